The van der Waals surface area contributed by atoms with Gasteiger partial charge in [-0.3, -0.25) is 0 Å². The van der Waals surface area contributed by atoms with Gasteiger partial charge in [-0.2, -0.15) is 4.99 Å². The average Bonchev–Trinajstić information content (AvgIpc) is 1.89. The van der Waals surface area contributed by atoms with Crippen LogP contribution in [0, 0.1) is 0 Å². The Morgan fingerprint density at radius 3 is 3.00 bits per heavy atom. The van der Waals surface area contributed by atoms with Crippen molar-refractivity contribution in [3.63, 3.8) is 0 Å². The smallest absolute Gasteiger partial charge is 0.237 e. The maximum Gasteiger partial charge on any atom is 0.237 e. The van der Waals surface area contributed by atoms with Crippen molar-refractivity contribution in [1.29, 1.82) is 0 Å². The molecule has 52 valence electrons. The molecule has 3 nitrogen and oxygen atoms in total. The number of halogens is 1. The molecule has 0 aliphatic heterocycles. The molecule has 9 heavy (non-hydrogen) atoms. The van der Waals surface area contributed by atoms with Crippen molar-refractivity contribution < 1.29 is 9.53 Å². The van der Waals surface area contributed by atoms with Crippen LogP contribution in [0.15, 0.2) is 4.99 Å². The summed E-state index contributed by atoms with van der Waals surface area (Å²) in [5, 5.41) is 0. The molecule has 0 aliphatic rings. The fourth-order valence-corrected chi connectivity index (χ4v) is 0.324. The first-order chi connectivity index (χ1) is 4.31. The summed E-state index contributed by atoms with van der Waals surface area (Å²) >= 11 is 5.37. The van der Waals surface area contributed by atoms with E-state index in [1.165, 1.54) is 6.08 Å². The summed E-state index contributed by atoms with van der Waals surface area (Å²) in [6.45, 7) is 1.85. The third-order valence-corrected chi connectivity index (χ3v) is 1.14. The lowest BCUT2D eigenvalue weighted by Gasteiger charge is -2.03. The number of nitrogens with zero attached hydrogens (tertiary/aromatic N) is 1. The highest BCUT2D eigenvalue weighted by atomic mass is 35.5. The number of hydrogen-bond donors (Lipinski definition) is 0. The zero-order valence-electron chi connectivity index (χ0n) is 5.13. The fourth-order valence-electron chi connectivity index (χ4n) is 0.235. The average molecular weight is 150 g/mol. The number of hydrogen-bond acceptors (Lipinski definition) is 3. The predicted octanol–water partition coefficient (Wildman–Crippen LogP) is 0.924. The van der Waals surface area contributed by atoms with Crippen molar-refractivity contribution in [2.24, 2.45) is 4.99 Å². The number of rotatable bonds is 4. The van der Waals surface area contributed by atoms with E-state index >= 15 is 0 Å². The Kier molecular flexibility index (Phi) is 5.52. The molecule has 0 fully saturated rings. The zero-order chi connectivity index (χ0) is 7.11. The van der Waals surface area contributed by atoms with Gasteiger partial charge < -0.3 is 4.74 Å². The van der Waals surface area contributed by atoms with E-state index in [1.54, 1.807) is 6.92 Å². The molecule has 1 unspecified atom stereocenters. The molecule has 0 aliphatic carbocycles. The maximum absolute atomic E-state index is 9.47. The highest BCUT2D eigenvalue weighted by Gasteiger charge is 1.95. The Morgan fingerprint density at radius 2 is 2.56 bits per heavy atom. The summed E-state index contributed by atoms with van der Waals surface area (Å²) in [7, 11) is 0. The highest BCUT2D eigenvalue weighted by molar-refractivity contribution is 6.18. The molecule has 1 atom stereocenters. The first-order valence-corrected chi connectivity index (χ1v) is 3.06. The summed E-state index contributed by atoms with van der Waals surface area (Å²) in [5.74, 6) is 0.411. The topological polar surface area (TPSA) is 38.7 Å². The molecule has 0 heterocycles. The highest BCUT2D eigenvalue weighted by Crippen LogP contribution is 1.92. The largest absolute Gasteiger partial charge is 0.354 e. The van der Waals surface area contributed by atoms with Gasteiger partial charge in [-0.1, -0.05) is 0 Å². The number of alkyl halides is 1. The van der Waals surface area contributed by atoms with Crippen LogP contribution in [0.5, 0.6) is 0 Å². The molecule has 0 spiro atoms. The number of carbonyl (C=O) groups excluding carboxylic acids is 1. The van der Waals surface area contributed by atoms with E-state index in [1.807, 2.05) is 0 Å². The normalized spacial score (nSPS) is 12.2. The van der Waals surface area contributed by atoms with Crippen LogP contribution in [0.25, 0.3) is 0 Å². The SMILES string of the molecule is CC(CCl)OCN=C=O. The van der Waals surface area contributed by atoms with E-state index < -0.39 is 0 Å². The molecule has 0 amide bonds. The number of ether oxygens (including phenoxy) is 1. The van der Waals surface area contributed by atoms with E-state index in [-0.39, 0.29) is 12.8 Å². The molecular formula is C5H8ClNO2. The summed E-state index contributed by atoms with van der Waals surface area (Å²) in [6.07, 6.45) is 1.30. The molecule has 0 aromatic rings. The van der Waals surface area contributed by atoms with Gasteiger partial charge in [-0.25, -0.2) is 4.79 Å². The minimum Gasteiger partial charge on any atom is -0.354 e. The van der Waals surface area contributed by atoms with Gasteiger partial charge in [-0.15, -0.1) is 11.6 Å². The van der Waals surface area contributed by atoms with Crippen molar-refractivity contribution >= 4 is 17.7 Å². The molecule has 0 radical (unpaired) electrons. The van der Waals surface area contributed by atoms with E-state index in [9.17, 15) is 4.79 Å². The van der Waals surface area contributed by atoms with E-state index in [0.29, 0.717) is 5.88 Å². The Labute approximate surface area is 58.7 Å². The lowest BCUT2D eigenvalue weighted by atomic mass is 10.5. The minimum absolute atomic E-state index is 0.0521. The second-order valence-electron chi connectivity index (χ2n) is 1.51. The molecule has 0 aromatic heterocycles. The van der Waals surface area contributed by atoms with Crippen molar-refractivity contribution in [2.75, 3.05) is 12.6 Å². The van der Waals surface area contributed by atoms with Crippen LogP contribution in [-0.2, 0) is 9.53 Å². The zero-order valence-corrected chi connectivity index (χ0v) is 5.89. The maximum atomic E-state index is 9.47. The summed E-state index contributed by atoms with van der Waals surface area (Å²) < 4.78 is 4.87. The van der Waals surface area contributed by atoms with Crippen LogP contribution >= 0.6 is 11.6 Å². The van der Waals surface area contributed by atoms with Crippen LogP contribution in [0.2, 0.25) is 0 Å². The quantitative estimate of drug-likeness (QED) is 0.339. The fraction of sp³-hybridized carbons (Fsp3) is 0.800. The third kappa shape index (κ3) is 5.50. The van der Waals surface area contributed by atoms with Crippen LogP contribution < -0.4 is 0 Å². The molecular weight excluding hydrogens is 142 g/mol. The van der Waals surface area contributed by atoms with Gasteiger partial charge in [-0.05, 0) is 6.92 Å². The number of isocyanates is 1. The summed E-state index contributed by atoms with van der Waals surface area (Å²) in [4.78, 5) is 12.6. The lowest BCUT2D eigenvalue weighted by molar-refractivity contribution is 0.0878. The van der Waals surface area contributed by atoms with Gasteiger partial charge >= 0.3 is 0 Å². The van der Waals surface area contributed by atoms with Crippen LogP contribution in [0.4, 0.5) is 0 Å². The second kappa shape index (κ2) is 5.76. The van der Waals surface area contributed by atoms with Crippen molar-refractivity contribution in [1.82, 2.24) is 0 Å². The van der Waals surface area contributed by atoms with Crippen LogP contribution in [-0.4, -0.2) is 24.8 Å². The molecule has 0 aromatic carbocycles. The molecule has 0 saturated heterocycles. The van der Waals surface area contributed by atoms with Crippen molar-refractivity contribution in [3.8, 4) is 0 Å². The summed E-state index contributed by atoms with van der Waals surface area (Å²) in [5.41, 5.74) is 0. The molecule has 4 heteroatoms. The Hall–Kier alpha value is -0.370. The molecule has 0 bridgehead atoms. The van der Waals surface area contributed by atoms with Crippen LogP contribution in [0.3, 0.4) is 0 Å². The molecule has 0 rings (SSSR count). The Morgan fingerprint density at radius 1 is 1.89 bits per heavy atom. The Bertz CT molecular complexity index is 112. The van der Waals surface area contributed by atoms with Gasteiger partial charge in [0.25, 0.3) is 0 Å². The molecule has 0 saturated carbocycles. The molecule has 0 N–H and O–H groups in total. The van der Waals surface area contributed by atoms with Gasteiger partial charge in [0, 0.05) is 5.88 Å². The van der Waals surface area contributed by atoms with E-state index in [2.05, 4.69) is 4.99 Å². The standard InChI is InChI=1S/C5H8ClNO2/c1-5(2-6)9-4-7-3-8/h5H,2,4H2,1H3. The van der Waals surface area contributed by atoms with Crippen molar-refractivity contribution in [3.05, 3.63) is 0 Å². The van der Waals surface area contributed by atoms with Gasteiger partial charge in [0.2, 0.25) is 6.08 Å². The number of aliphatic imine (C=N–C) groups is 1. The Balaban J connectivity index is 3.16. The van der Waals surface area contributed by atoms with Gasteiger partial charge in [0.15, 0.2) is 0 Å². The van der Waals surface area contributed by atoms with E-state index in [0.717, 1.165) is 0 Å². The van der Waals surface area contributed by atoms with Gasteiger partial charge in [0.1, 0.15) is 6.73 Å². The first-order valence-electron chi connectivity index (χ1n) is 2.52. The van der Waals surface area contributed by atoms with Crippen molar-refractivity contribution in [2.45, 2.75) is 13.0 Å². The minimum atomic E-state index is -0.0521. The first kappa shape index (κ1) is 8.63. The van der Waals surface area contributed by atoms with E-state index in [4.69, 9.17) is 16.3 Å². The lowest BCUT2D eigenvalue weighted by Crippen LogP contribution is -2.09. The summed E-state index contributed by atoms with van der Waals surface area (Å²) in [6, 6.07) is 0. The second-order valence-corrected chi connectivity index (χ2v) is 1.82. The van der Waals surface area contributed by atoms with Crippen LogP contribution in [0.1, 0.15) is 6.92 Å². The predicted molar refractivity (Wildman–Crippen MR) is 34.3 cm³/mol. The van der Waals surface area contributed by atoms with Gasteiger partial charge in [0.05, 0.1) is 6.10 Å². The monoisotopic (exact) mass is 149 g/mol. The third-order valence-electron chi connectivity index (χ3n) is 0.705.